The van der Waals surface area contributed by atoms with Gasteiger partial charge in [0.1, 0.15) is 0 Å². The summed E-state index contributed by atoms with van der Waals surface area (Å²) in [5.41, 5.74) is 2.27. The van der Waals surface area contributed by atoms with Crippen LogP contribution >= 0.6 is 11.6 Å². The van der Waals surface area contributed by atoms with E-state index >= 15 is 0 Å². The fraction of sp³-hybridized carbons (Fsp3) is 0.333. The van der Waals surface area contributed by atoms with Gasteiger partial charge in [-0.1, -0.05) is 28.9 Å². The van der Waals surface area contributed by atoms with Crippen molar-refractivity contribution in [3.05, 3.63) is 46.7 Å². The third-order valence-corrected chi connectivity index (χ3v) is 3.02. The van der Waals surface area contributed by atoms with Gasteiger partial charge in [0.25, 0.3) is 0 Å². The third kappa shape index (κ3) is 3.05. The monoisotopic (exact) mass is 250 g/mol. The zero-order chi connectivity index (χ0) is 12.3. The lowest BCUT2D eigenvalue weighted by molar-refractivity contribution is 0.546. The van der Waals surface area contributed by atoms with Crippen LogP contribution in [-0.2, 0) is 13.6 Å². The van der Waals surface area contributed by atoms with Gasteiger partial charge >= 0.3 is 0 Å². The average Bonchev–Trinajstić information content (AvgIpc) is 2.73. The second-order valence-corrected chi connectivity index (χ2v) is 4.44. The molecule has 4 nitrogen and oxygen atoms in total. The first-order valence-electron chi connectivity index (χ1n) is 5.49. The first kappa shape index (κ1) is 12.1. The summed E-state index contributed by atoms with van der Waals surface area (Å²) in [7, 11) is 1.89. The fourth-order valence-corrected chi connectivity index (χ4v) is 1.72. The summed E-state index contributed by atoms with van der Waals surface area (Å²) >= 11 is 5.86. The van der Waals surface area contributed by atoms with E-state index in [-0.39, 0.29) is 6.04 Å². The number of halogens is 1. The molecule has 1 N–H and O–H groups in total. The highest BCUT2D eigenvalue weighted by Gasteiger charge is 2.06. The van der Waals surface area contributed by atoms with Gasteiger partial charge in [-0.2, -0.15) is 0 Å². The summed E-state index contributed by atoms with van der Waals surface area (Å²) in [5, 5.41) is 11.9. The van der Waals surface area contributed by atoms with Crippen LogP contribution in [0.2, 0.25) is 5.02 Å². The molecule has 0 amide bonds. The maximum absolute atomic E-state index is 5.86. The molecule has 17 heavy (non-hydrogen) atoms. The zero-order valence-corrected chi connectivity index (χ0v) is 10.6. The van der Waals surface area contributed by atoms with Gasteiger partial charge in [-0.3, -0.25) is 4.68 Å². The molecule has 90 valence electrons. The molecular formula is C12H15ClN4. The van der Waals surface area contributed by atoms with E-state index in [1.165, 1.54) is 5.56 Å². The van der Waals surface area contributed by atoms with Gasteiger partial charge in [-0.25, -0.2) is 0 Å². The molecule has 0 aliphatic carbocycles. The molecule has 0 fully saturated rings. The predicted molar refractivity (Wildman–Crippen MR) is 67.7 cm³/mol. The van der Waals surface area contributed by atoms with E-state index in [0.29, 0.717) is 0 Å². The minimum Gasteiger partial charge on any atom is -0.305 e. The Morgan fingerprint density at radius 1 is 1.35 bits per heavy atom. The molecule has 0 spiro atoms. The summed E-state index contributed by atoms with van der Waals surface area (Å²) in [4.78, 5) is 0. The summed E-state index contributed by atoms with van der Waals surface area (Å²) in [5.74, 6) is 0. The van der Waals surface area contributed by atoms with Gasteiger partial charge in [0.15, 0.2) is 0 Å². The zero-order valence-electron chi connectivity index (χ0n) is 9.89. The van der Waals surface area contributed by atoms with Gasteiger partial charge in [-0.05, 0) is 24.6 Å². The summed E-state index contributed by atoms with van der Waals surface area (Å²) in [6, 6.07) is 8.13. The van der Waals surface area contributed by atoms with E-state index in [1.54, 1.807) is 10.9 Å². The van der Waals surface area contributed by atoms with Gasteiger partial charge in [-0.15, -0.1) is 5.10 Å². The molecule has 0 saturated heterocycles. The Kier molecular flexibility index (Phi) is 3.76. The van der Waals surface area contributed by atoms with E-state index in [9.17, 15) is 0 Å². The molecule has 2 aromatic rings. The molecule has 0 aliphatic heterocycles. The van der Waals surface area contributed by atoms with Gasteiger partial charge in [0.05, 0.1) is 11.9 Å². The Hall–Kier alpha value is -1.39. The number of nitrogens with zero attached hydrogens (tertiary/aromatic N) is 3. The average molecular weight is 251 g/mol. The van der Waals surface area contributed by atoms with Crippen LogP contribution in [-0.4, -0.2) is 15.0 Å². The van der Waals surface area contributed by atoms with Crippen molar-refractivity contribution in [3.63, 3.8) is 0 Å². The van der Waals surface area contributed by atoms with Crippen LogP contribution in [0, 0.1) is 0 Å². The summed E-state index contributed by atoms with van der Waals surface area (Å²) < 4.78 is 1.77. The molecule has 1 aromatic heterocycles. The van der Waals surface area contributed by atoms with Gasteiger partial charge in [0.2, 0.25) is 0 Å². The molecule has 1 atom stereocenters. The van der Waals surface area contributed by atoms with Crippen molar-refractivity contribution in [2.24, 2.45) is 7.05 Å². The quantitative estimate of drug-likeness (QED) is 0.906. The number of rotatable bonds is 4. The van der Waals surface area contributed by atoms with Crippen molar-refractivity contribution < 1.29 is 0 Å². The maximum Gasteiger partial charge on any atom is 0.0738 e. The van der Waals surface area contributed by atoms with Crippen molar-refractivity contribution >= 4 is 11.6 Å². The topological polar surface area (TPSA) is 42.7 Å². The molecule has 5 heteroatoms. The minimum absolute atomic E-state index is 0.266. The minimum atomic E-state index is 0.266. The molecule has 1 aromatic carbocycles. The number of nitrogens with one attached hydrogen (secondary N) is 1. The number of hydrogen-bond donors (Lipinski definition) is 1. The SMILES string of the molecule is C[C@H](NCc1cnnn1C)c1ccc(Cl)cc1. The Balaban J connectivity index is 1.95. The normalized spacial score (nSPS) is 12.6. The van der Waals surface area contributed by atoms with Crippen LogP contribution in [0.15, 0.2) is 30.5 Å². The van der Waals surface area contributed by atoms with Crippen LogP contribution in [0.4, 0.5) is 0 Å². The van der Waals surface area contributed by atoms with Crippen molar-refractivity contribution in [3.8, 4) is 0 Å². The Morgan fingerprint density at radius 2 is 2.06 bits per heavy atom. The standard InChI is InChI=1S/C12H15ClN4/c1-9(10-3-5-11(13)6-4-10)14-7-12-8-15-16-17(12)2/h3-6,8-9,14H,7H2,1-2H3/t9-/m0/s1. The number of aromatic nitrogens is 3. The lowest BCUT2D eigenvalue weighted by Crippen LogP contribution is -2.19. The molecule has 2 rings (SSSR count). The highest BCUT2D eigenvalue weighted by atomic mass is 35.5. The summed E-state index contributed by atoms with van der Waals surface area (Å²) in [6.07, 6.45) is 1.77. The fourth-order valence-electron chi connectivity index (χ4n) is 1.60. The van der Waals surface area contributed by atoms with Crippen LogP contribution in [0.3, 0.4) is 0 Å². The van der Waals surface area contributed by atoms with E-state index in [0.717, 1.165) is 17.3 Å². The first-order valence-corrected chi connectivity index (χ1v) is 5.87. The molecule has 0 aliphatic rings. The van der Waals surface area contributed by atoms with Gasteiger partial charge in [0, 0.05) is 24.7 Å². The van der Waals surface area contributed by atoms with Crippen molar-refractivity contribution in [2.75, 3.05) is 0 Å². The van der Waals surface area contributed by atoms with E-state index in [1.807, 2.05) is 31.3 Å². The van der Waals surface area contributed by atoms with Crippen LogP contribution < -0.4 is 5.32 Å². The largest absolute Gasteiger partial charge is 0.305 e. The number of benzene rings is 1. The molecule has 0 unspecified atom stereocenters. The van der Waals surface area contributed by atoms with Crippen molar-refractivity contribution in [1.82, 2.24) is 20.3 Å². The third-order valence-electron chi connectivity index (χ3n) is 2.77. The lowest BCUT2D eigenvalue weighted by Gasteiger charge is -2.14. The number of aryl methyl sites for hydroxylation is 1. The lowest BCUT2D eigenvalue weighted by atomic mass is 10.1. The first-order chi connectivity index (χ1) is 8.16. The second-order valence-electron chi connectivity index (χ2n) is 4.00. The number of hydrogen-bond acceptors (Lipinski definition) is 3. The predicted octanol–water partition coefficient (Wildman–Crippen LogP) is 2.32. The van der Waals surface area contributed by atoms with Crippen LogP contribution in [0.5, 0.6) is 0 Å². The molecule has 0 bridgehead atoms. The molecule has 0 radical (unpaired) electrons. The Labute approximate surface area is 106 Å². The molecule has 1 heterocycles. The van der Waals surface area contributed by atoms with E-state index < -0.39 is 0 Å². The van der Waals surface area contributed by atoms with Crippen molar-refractivity contribution in [1.29, 1.82) is 0 Å². The molecule has 0 saturated carbocycles. The van der Waals surface area contributed by atoms with Crippen LogP contribution in [0.1, 0.15) is 24.2 Å². The van der Waals surface area contributed by atoms with Gasteiger partial charge < -0.3 is 5.32 Å². The highest BCUT2D eigenvalue weighted by molar-refractivity contribution is 6.30. The van der Waals surface area contributed by atoms with Crippen molar-refractivity contribution in [2.45, 2.75) is 19.5 Å². The Morgan fingerprint density at radius 3 is 2.65 bits per heavy atom. The Bertz CT molecular complexity index is 478. The maximum atomic E-state index is 5.86. The van der Waals surface area contributed by atoms with Crippen LogP contribution in [0.25, 0.3) is 0 Å². The second kappa shape index (κ2) is 5.29. The van der Waals surface area contributed by atoms with E-state index in [4.69, 9.17) is 11.6 Å². The van der Waals surface area contributed by atoms with E-state index in [2.05, 4.69) is 22.6 Å². The highest BCUT2D eigenvalue weighted by Crippen LogP contribution is 2.16. The smallest absolute Gasteiger partial charge is 0.0738 e. The summed E-state index contributed by atoms with van der Waals surface area (Å²) in [6.45, 7) is 2.86. The molecular weight excluding hydrogens is 236 g/mol.